The van der Waals surface area contributed by atoms with E-state index in [-0.39, 0.29) is 37.7 Å². The molecule has 0 bridgehead atoms. The van der Waals surface area contributed by atoms with Gasteiger partial charge in [0.2, 0.25) is 41.4 Å². The van der Waals surface area contributed by atoms with Crippen LogP contribution in [-0.2, 0) is 40.0 Å². The first-order valence-corrected chi connectivity index (χ1v) is 22.0. The Morgan fingerprint density at radius 3 is 1.77 bits per heavy atom. The number of carbonyl (C=O) groups is 7. The van der Waals surface area contributed by atoms with E-state index >= 15 is 0 Å². The maximum Gasteiger partial charge on any atom is 0.245 e. The van der Waals surface area contributed by atoms with Gasteiger partial charge in [-0.3, -0.25) is 38.6 Å². The summed E-state index contributed by atoms with van der Waals surface area (Å²) in [6.45, 7) is 6.83. The van der Waals surface area contributed by atoms with E-state index in [2.05, 4.69) is 49.5 Å². The van der Waals surface area contributed by atoms with Gasteiger partial charge in [-0.2, -0.15) is 24.4 Å². The van der Waals surface area contributed by atoms with Crippen LogP contribution >= 0.6 is 24.4 Å². The third kappa shape index (κ3) is 21.1. The van der Waals surface area contributed by atoms with Crippen molar-refractivity contribution in [3.05, 3.63) is 35.9 Å². The van der Waals surface area contributed by atoms with Crippen LogP contribution in [0, 0.1) is 5.92 Å². The molecule has 1 aromatic rings. The molecule has 1 unspecified atom stereocenters. The summed E-state index contributed by atoms with van der Waals surface area (Å²) in [6.07, 6.45) is 2.57. The number of guanidine groups is 1. The number of carbonyl (C=O) groups excluding carboxylic acids is 7. The molecule has 0 aromatic heterocycles. The Hall–Kier alpha value is -4.60. The first-order chi connectivity index (χ1) is 28.3. The first kappa shape index (κ1) is 53.4. The second-order valence-corrected chi connectivity index (χ2v) is 16.6. The van der Waals surface area contributed by atoms with Crippen molar-refractivity contribution in [3.8, 4) is 0 Å². The zero-order valence-electron chi connectivity index (χ0n) is 35.3. The summed E-state index contributed by atoms with van der Waals surface area (Å²) >= 11 is 5.87. The van der Waals surface area contributed by atoms with Crippen molar-refractivity contribution < 1.29 is 38.7 Å². The summed E-state index contributed by atoms with van der Waals surface area (Å²) in [5.41, 5.74) is 22.9. The van der Waals surface area contributed by atoms with E-state index in [1.54, 1.807) is 0 Å². The lowest BCUT2D eigenvalue weighted by atomic mass is 10.0. The number of hydrogen-bond donors (Lipinski definition) is 12. The molecule has 7 amide bonds. The molecule has 0 radical (unpaired) electrons. The molecule has 0 saturated heterocycles. The normalized spacial score (nSPS) is 15.1. The van der Waals surface area contributed by atoms with Crippen LogP contribution in [0.2, 0.25) is 0 Å². The van der Waals surface area contributed by atoms with Gasteiger partial charge >= 0.3 is 0 Å². The molecular weight excluding hydrogens is 815 g/mol. The molecule has 21 heteroatoms. The van der Waals surface area contributed by atoms with Crippen LogP contribution in [0.25, 0.3) is 0 Å². The van der Waals surface area contributed by atoms with Crippen LogP contribution in [0.5, 0.6) is 0 Å². The standard InChI is InChI=1S/C39H67N11O8S2/c1-22(2)20-29(32(41)52)49-36(56)28(16-19-60-5)46-35(55)26(14-9-10-17-40)48-38(58)31(24(4)51)50-33(53)23(3)45-34(54)27(15-11-18-44-39(42)43)47-37(57)30(59)21-25-12-7-6-8-13-25/h6-8,12-13,22-24,26-31,51,59H,9-11,14-21,40H2,1-5H3,(H2,41,52)(H,45,54)(H,46,55)(H,47,57)(H,48,58)(H,49,56)(H,50,53)(H4,42,43,44)/t23-,24+,26-,27-,28-,29-,30?,31-/m0/s1. The van der Waals surface area contributed by atoms with Gasteiger partial charge in [0.15, 0.2) is 5.96 Å². The van der Waals surface area contributed by atoms with Crippen molar-refractivity contribution in [2.75, 3.05) is 25.1 Å². The van der Waals surface area contributed by atoms with E-state index in [1.807, 2.05) is 50.4 Å². The predicted molar refractivity (Wildman–Crippen MR) is 236 cm³/mol. The van der Waals surface area contributed by atoms with Crippen LogP contribution in [0.4, 0.5) is 0 Å². The fourth-order valence-electron chi connectivity index (χ4n) is 5.82. The Morgan fingerprint density at radius 1 is 0.700 bits per heavy atom. The van der Waals surface area contributed by atoms with Crippen molar-refractivity contribution >= 4 is 71.7 Å². The molecule has 8 atom stereocenters. The maximum absolute atomic E-state index is 13.7. The number of thiol groups is 1. The monoisotopic (exact) mass is 881 g/mol. The van der Waals surface area contributed by atoms with Gasteiger partial charge in [-0.25, -0.2) is 0 Å². The smallest absolute Gasteiger partial charge is 0.245 e. The molecule has 60 heavy (non-hydrogen) atoms. The van der Waals surface area contributed by atoms with Crippen molar-refractivity contribution in [2.45, 2.75) is 127 Å². The van der Waals surface area contributed by atoms with Crippen LogP contribution in [0.1, 0.15) is 78.2 Å². The summed E-state index contributed by atoms with van der Waals surface area (Å²) in [5.74, 6) is -4.66. The Balaban J connectivity index is 3.15. The molecular formula is C39H67N11O8S2. The molecule has 0 saturated carbocycles. The van der Waals surface area contributed by atoms with Gasteiger partial charge in [0, 0.05) is 6.54 Å². The Labute approximate surface area is 362 Å². The number of unbranched alkanes of at least 4 members (excludes halogenated alkanes) is 1. The molecule has 0 aliphatic rings. The minimum atomic E-state index is -1.58. The second kappa shape index (κ2) is 28.8. The highest BCUT2D eigenvalue weighted by atomic mass is 32.2. The number of primary amides is 1. The minimum absolute atomic E-state index is 0.0415. The lowest BCUT2D eigenvalue weighted by Crippen LogP contribution is -2.61. The molecule has 338 valence electrons. The summed E-state index contributed by atoms with van der Waals surface area (Å²) in [7, 11) is 0. The maximum atomic E-state index is 13.7. The Morgan fingerprint density at radius 2 is 1.23 bits per heavy atom. The largest absolute Gasteiger partial charge is 0.391 e. The number of aliphatic imine (C=N–C) groups is 1. The fraction of sp³-hybridized carbons (Fsp3) is 0.641. The molecule has 0 aliphatic carbocycles. The number of nitrogens with zero attached hydrogens (tertiary/aromatic N) is 1. The number of amides is 7. The average molecular weight is 882 g/mol. The van der Waals surface area contributed by atoms with Crippen LogP contribution in [0.15, 0.2) is 35.3 Å². The van der Waals surface area contributed by atoms with Gasteiger partial charge < -0.3 is 59.9 Å². The number of rotatable bonds is 29. The molecule has 19 nitrogen and oxygen atoms in total. The van der Waals surface area contributed by atoms with E-state index in [9.17, 15) is 38.7 Å². The van der Waals surface area contributed by atoms with Crippen molar-refractivity contribution in [2.24, 2.45) is 33.8 Å². The van der Waals surface area contributed by atoms with Gasteiger partial charge in [-0.05, 0) is 95.2 Å². The third-order valence-electron chi connectivity index (χ3n) is 9.16. The van der Waals surface area contributed by atoms with Crippen LogP contribution < -0.4 is 54.8 Å². The number of nitrogens with two attached hydrogens (primary N) is 4. The summed E-state index contributed by atoms with van der Waals surface area (Å²) in [4.78, 5) is 96.7. The van der Waals surface area contributed by atoms with Crippen molar-refractivity contribution in [1.82, 2.24) is 31.9 Å². The Bertz CT molecular complexity index is 1570. The highest BCUT2D eigenvalue weighted by Gasteiger charge is 2.34. The number of thioether (sulfide) groups is 1. The molecule has 0 spiro atoms. The van der Waals surface area contributed by atoms with Gasteiger partial charge in [0.25, 0.3) is 0 Å². The molecule has 0 aliphatic heterocycles. The SMILES string of the molecule is CSCC[C@H](NC(=O)[C@H](CCCCN)NC(=O)[C@@H](NC(=O)[C@H](C)NC(=O)[C@H](CCCN=C(N)N)NC(=O)C(S)Cc1ccccc1)[C@@H](C)O)C(=O)N[C@@H](CC(C)C)C(N)=O. The summed E-state index contributed by atoms with van der Waals surface area (Å²) in [6, 6.07) is 1.97. The number of aliphatic hydroxyl groups is 1. The van der Waals surface area contributed by atoms with Crippen molar-refractivity contribution in [1.29, 1.82) is 0 Å². The number of nitrogens with one attached hydrogen (secondary N) is 6. The zero-order valence-corrected chi connectivity index (χ0v) is 37.0. The van der Waals surface area contributed by atoms with Crippen LogP contribution in [-0.4, -0.2) is 125 Å². The topological polar surface area (TPSA) is 328 Å². The van der Waals surface area contributed by atoms with Gasteiger partial charge in [0.05, 0.1) is 11.4 Å². The fourth-order valence-corrected chi connectivity index (χ4v) is 6.58. The second-order valence-electron chi connectivity index (χ2n) is 15.0. The number of benzene rings is 1. The number of hydrogen-bond acceptors (Lipinski definition) is 12. The van der Waals surface area contributed by atoms with E-state index in [0.717, 1.165) is 5.56 Å². The van der Waals surface area contributed by atoms with Crippen LogP contribution in [0.3, 0.4) is 0 Å². The molecule has 1 rings (SSSR count). The molecule has 15 N–H and O–H groups in total. The van der Waals surface area contributed by atoms with Gasteiger partial charge in [-0.1, -0.05) is 44.2 Å². The first-order valence-electron chi connectivity index (χ1n) is 20.1. The zero-order chi connectivity index (χ0) is 45.4. The van der Waals surface area contributed by atoms with E-state index in [4.69, 9.17) is 22.9 Å². The van der Waals surface area contributed by atoms with Gasteiger partial charge in [-0.15, -0.1) is 0 Å². The van der Waals surface area contributed by atoms with E-state index in [1.165, 1.54) is 25.6 Å². The summed E-state index contributed by atoms with van der Waals surface area (Å²) < 4.78 is 0. The Kier molecular flexibility index (Phi) is 25.6. The van der Waals surface area contributed by atoms with Crippen molar-refractivity contribution in [3.63, 3.8) is 0 Å². The lowest BCUT2D eigenvalue weighted by molar-refractivity contribution is -0.136. The van der Waals surface area contributed by atoms with E-state index in [0.29, 0.717) is 44.4 Å². The highest BCUT2D eigenvalue weighted by Crippen LogP contribution is 2.11. The quantitative estimate of drug-likeness (QED) is 0.0186. The third-order valence-corrected chi connectivity index (χ3v) is 10.2. The molecule has 0 heterocycles. The molecule has 1 aromatic carbocycles. The van der Waals surface area contributed by atoms with Gasteiger partial charge in [0.1, 0.15) is 36.3 Å². The average Bonchev–Trinajstić information content (AvgIpc) is 3.18. The van der Waals surface area contributed by atoms with E-state index < -0.39 is 89.0 Å². The highest BCUT2D eigenvalue weighted by molar-refractivity contribution is 7.98. The molecule has 0 fully saturated rings. The lowest BCUT2D eigenvalue weighted by Gasteiger charge is -2.28. The summed E-state index contributed by atoms with van der Waals surface area (Å²) in [5, 5.41) is 25.4. The predicted octanol–water partition coefficient (Wildman–Crippen LogP) is -1.70. The number of aliphatic hydroxyl groups excluding tert-OH is 1. The minimum Gasteiger partial charge on any atom is -0.391 e.